The van der Waals surface area contributed by atoms with Crippen LogP contribution < -0.4 is 51.4 Å². The van der Waals surface area contributed by atoms with Crippen LogP contribution >= 0.6 is 0 Å². The van der Waals surface area contributed by atoms with Gasteiger partial charge in [-0.15, -0.1) is 0 Å². The number of ether oxygens (including phenoxy) is 1. The molecule has 1 unspecified atom stereocenters. The maximum absolute atomic E-state index is 10.5. The molecule has 0 aromatic rings. The monoisotopic (exact) mass is 348 g/mol. The van der Waals surface area contributed by atoms with E-state index in [9.17, 15) is 13.0 Å². The first-order valence-corrected chi connectivity index (χ1v) is 9.08. The molecule has 0 fully saturated rings. The van der Waals surface area contributed by atoms with Gasteiger partial charge in [0.1, 0.15) is 0 Å². The molecule has 5 nitrogen and oxygen atoms in total. The summed E-state index contributed by atoms with van der Waals surface area (Å²) in [4.78, 5) is 0. The average molecular weight is 349 g/mol. The van der Waals surface area contributed by atoms with Gasteiger partial charge in [0, 0.05) is 6.61 Å². The molecule has 0 saturated carbocycles. The molecule has 21 heavy (non-hydrogen) atoms. The number of unbranched alkanes of at least 4 members (excludes halogenated alkanes) is 7. The summed E-state index contributed by atoms with van der Waals surface area (Å²) in [7, 11) is -4.68. The quantitative estimate of drug-likeness (QED) is 0.152. The van der Waals surface area contributed by atoms with E-state index in [2.05, 4.69) is 11.1 Å². The van der Waals surface area contributed by atoms with E-state index in [0.29, 0.717) is 19.4 Å². The Bertz CT molecular complexity index is 308. The van der Waals surface area contributed by atoms with Crippen LogP contribution in [0.1, 0.15) is 78.1 Å². The third kappa shape index (κ3) is 19.4. The predicted octanol–water partition coefficient (Wildman–Crippen LogP) is 0.751. The Morgan fingerprint density at radius 2 is 1.43 bits per heavy atom. The van der Waals surface area contributed by atoms with Gasteiger partial charge >= 0.3 is 51.4 Å². The van der Waals surface area contributed by atoms with Crippen LogP contribution in [-0.2, 0) is 19.3 Å². The van der Waals surface area contributed by atoms with Gasteiger partial charge in [-0.3, -0.25) is 0 Å². The number of hydrogen-bond acceptors (Lipinski definition) is 5. The Kier molecular flexibility index (Phi) is 19.2. The summed E-state index contributed by atoms with van der Waals surface area (Å²) in [5.74, 6) is 0. The number of hydrogen-bond donors (Lipinski definition) is 0. The molecule has 0 bridgehead atoms. The van der Waals surface area contributed by atoms with E-state index < -0.39 is 16.7 Å². The summed E-state index contributed by atoms with van der Waals surface area (Å²) in [6.45, 7) is 4.52. The molecule has 0 amide bonds. The Morgan fingerprint density at radius 1 is 0.905 bits per heavy atom. The summed E-state index contributed by atoms with van der Waals surface area (Å²) in [5.41, 5.74) is 0. The van der Waals surface area contributed by atoms with Gasteiger partial charge < -0.3 is 9.29 Å². The molecule has 0 aliphatic rings. The van der Waals surface area contributed by atoms with Crippen LogP contribution in [0.25, 0.3) is 0 Å². The van der Waals surface area contributed by atoms with Crippen LogP contribution in [-0.4, -0.2) is 25.9 Å². The summed E-state index contributed by atoms with van der Waals surface area (Å²) < 4.78 is 41.2. The van der Waals surface area contributed by atoms with Crippen LogP contribution in [0.5, 0.6) is 0 Å². The second-order valence-electron chi connectivity index (χ2n) is 5.07. The molecule has 0 aliphatic carbocycles. The van der Waals surface area contributed by atoms with Gasteiger partial charge in [-0.1, -0.05) is 65.2 Å². The standard InChI is InChI=1S/C14H30O5S.K/c1-3-5-6-7-8-9-10-11-13-18-14(12-4-2)19-20(15,16)17;/h14H,3-13H2,1-2H3,(H,15,16,17);/q;+1/p-1. The van der Waals surface area contributed by atoms with E-state index in [1.807, 2.05) is 6.92 Å². The van der Waals surface area contributed by atoms with Crippen LogP contribution in [0.3, 0.4) is 0 Å². The molecule has 0 N–H and O–H groups in total. The minimum absolute atomic E-state index is 0. The Labute approximate surface area is 172 Å². The first-order chi connectivity index (χ1) is 9.49. The van der Waals surface area contributed by atoms with Gasteiger partial charge in [0.15, 0.2) is 6.29 Å². The summed E-state index contributed by atoms with van der Waals surface area (Å²) in [6, 6.07) is 0. The third-order valence-corrected chi connectivity index (χ3v) is 3.50. The van der Waals surface area contributed by atoms with Gasteiger partial charge in [0.2, 0.25) is 10.4 Å². The summed E-state index contributed by atoms with van der Waals surface area (Å²) in [5, 5.41) is 0. The fourth-order valence-corrected chi connectivity index (χ4v) is 2.39. The van der Waals surface area contributed by atoms with Crippen LogP contribution in [0.4, 0.5) is 0 Å². The van der Waals surface area contributed by atoms with E-state index in [4.69, 9.17) is 4.74 Å². The van der Waals surface area contributed by atoms with Crippen molar-refractivity contribution in [3.63, 3.8) is 0 Å². The number of rotatable bonds is 14. The zero-order valence-corrected chi connectivity index (χ0v) is 17.7. The average Bonchev–Trinajstić information content (AvgIpc) is 2.35. The van der Waals surface area contributed by atoms with Crippen molar-refractivity contribution < 1.29 is 73.3 Å². The van der Waals surface area contributed by atoms with Crippen molar-refractivity contribution >= 4 is 10.4 Å². The van der Waals surface area contributed by atoms with Crippen molar-refractivity contribution in [2.45, 2.75) is 84.3 Å². The van der Waals surface area contributed by atoms with Crippen molar-refractivity contribution in [1.82, 2.24) is 0 Å². The Morgan fingerprint density at radius 3 is 1.90 bits per heavy atom. The van der Waals surface area contributed by atoms with E-state index in [1.165, 1.54) is 38.5 Å². The first-order valence-electron chi connectivity index (χ1n) is 7.75. The molecular weight excluding hydrogens is 319 g/mol. The fraction of sp³-hybridized carbons (Fsp3) is 1.00. The zero-order valence-electron chi connectivity index (χ0n) is 13.8. The normalized spacial score (nSPS) is 12.9. The van der Waals surface area contributed by atoms with Gasteiger partial charge in [-0.2, -0.15) is 0 Å². The Balaban J connectivity index is 0. The minimum atomic E-state index is -4.68. The van der Waals surface area contributed by atoms with E-state index in [1.54, 1.807) is 0 Å². The molecule has 0 radical (unpaired) electrons. The smallest absolute Gasteiger partial charge is 0.725 e. The summed E-state index contributed by atoms with van der Waals surface area (Å²) >= 11 is 0. The Hall–Kier alpha value is 1.47. The van der Waals surface area contributed by atoms with Gasteiger partial charge in [-0.25, -0.2) is 12.6 Å². The molecule has 0 aromatic heterocycles. The van der Waals surface area contributed by atoms with E-state index in [0.717, 1.165) is 12.8 Å². The predicted molar refractivity (Wildman–Crippen MR) is 78.0 cm³/mol. The molecule has 0 saturated heterocycles. The molecule has 0 aromatic carbocycles. The molecule has 1 atom stereocenters. The minimum Gasteiger partial charge on any atom is -0.725 e. The van der Waals surface area contributed by atoms with E-state index in [-0.39, 0.29) is 51.4 Å². The van der Waals surface area contributed by atoms with Crippen LogP contribution in [0.15, 0.2) is 0 Å². The third-order valence-electron chi connectivity index (χ3n) is 3.05. The van der Waals surface area contributed by atoms with Crippen molar-refractivity contribution in [3.8, 4) is 0 Å². The second kappa shape index (κ2) is 16.3. The largest absolute Gasteiger partial charge is 1.00 e. The van der Waals surface area contributed by atoms with Crippen molar-refractivity contribution in [3.05, 3.63) is 0 Å². The summed E-state index contributed by atoms with van der Waals surface area (Å²) in [6.07, 6.45) is 9.70. The van der Waals surface area contributed by atoms with Crippen molar-refractivity contribution in [1.29, 1.82) is 0 Å². The molecular formula is C14H29KO5S. The first kappa shape index (κ1) is 24.7. The fourth-order valence-electron chi connectivity index (χ4n) is 1.98. The maximum Gasteiger partial charge on any atom is 1.00 e. The van der Waals surface area contributed by atoms with Gasteiger partial charge in [0.05, 0.1) is 0 Å². The molecule has 0 heterocycles. The SMILES string of the molecule is CCCCCCCCCCOC(CCC)OS(=O)(=O)[O-].[K+]. The molecule has 0 rings (SSSR count). The van der Waals surface area contributed by atoms with E-state index >= 15 is 0 Å². The van der Waals surface area contributed by atoms with Crippen LogP contribution in [0, 0.1) is 0 Å². The van der Waals surface area contributed by atoms with Gasteiger partial charge in [-0.05, 0) is 12.8 Å². The van der Waals surface area contributed by atoms with Crippen molar-refractivity contribution in [2.24, 2.45) is 0 Å². The molecule has 0 spiro atoms. The van der Waals surface area contributed by atoms with Gasteiger partial charge in [0.25, 0.3) is 0 Å². The maximum atomic E-state index is 10.5. The second-order valence-corrected chi connectivity index (χ2v) is 6.08. The molecule has 122 valence electrons. The zero-order chi connectivity index (χ0) is 15.3. The van der Waals surface area contributed by atoms with Crippen LogP contribution in [0.2, 0.25) is 0 Å². The topological polar surface area (TPSA) is 75.7 Å². The molecule has 0 aliphatic heterocycles. The van der Waals surface area contributed by atoms with Crippen molar-refractivity contribution in [2.75, 3.05) is 6.61 Å². The molecule has 7 heteroatoms.